The number of aromatic nitrogens is 1. The fourth-order valence-electron chi connectivity index (χ4n) is 2.53. The van der Waals surface area contributed by atoms with E-state index in [1.165, 1.54) is 4.88 Å². The van der Waals surface area contributed by atoms with Crippen molar-refractivity contribution in [3.8, 4) is 0 Å². The normalized spacial score (nSPS) is 13.1. The van der Waals surface area contributed by atoms with Crippen molar-refractivity contribution in [1.29, 1.82) is 0 Å². The lowest BCUT2D eigenvalue weighted by atomic mass is 10.2. The average Bonchev–Trinajstić information content (AvgIpc) is 3.21. The Morgan fingerprint density at radius 3 is 2.12 bits per heavy atom. The SMILES string of the molecule is Cc1nc(N2N=C(c3ccccc3)[NH2+]N2c2ccccc2)sc1C.P.[Br-]. The number of hydrazone groups is 1. The summed E-state index contributed by atoms with van der Waals surface area (Å²) in [5, 5.41) is 9.60. The molecule has 1 unspecified atom stereocenters. The van der Waals surface area contributed by atoms with Gasteiger partial charge in [0.25, 0.3) is 5.84 Å². The van der Waals surface area contributed by atoms with Gasteiger partial charge in [0.15, 0.2) is 0 Å². The molecule has 2 heterocycles. The summed E-state index contributed by atoms with van der Waals surface area (Å²) in [6, 6.07) is 20.4. The van der Waals surface area contributed by atoms with Crippen molar-refractivity contribution in [3.05, 3.63) is 76.8 Å². The molecule has 26 heavy (non-hydrogen) atoms. The molecule has 3 aromatic rings. The van der Waals surface area contributed by atoms with Crippen molar-refractivity contribution in [2.45, 2.75) is 13.8 Å². The second kappa shape index (κ2) is 8.73. The quantitative estimate of drug-likeness (QED) is 0.448. The van der Waals surface area contributed by atoms with Gasteiger partial charge in [-0.1, -0.05) is 58.0 Å². The number of aryl methyl sites for hydroxylation is 2. The molecule has 1 aromatic heterocycles. The van der Waals surface area contributed by atoms with Gasteiger partial charge in [-0.05, 0) is 38.1 Å². The molecule has 136 valence electrons. The van der Waals surface area contributed by atoms with E-state index in [9.17, 15) is 0 Å². The number of anilines is 2. The monoisotopic (exact) mass is 449 g/mol. The topological polar surface area (TPSA) is 48.3 Å². The minimum atomic E-state index is 0. The lowest BCUT2D eigenvalue weighted by molar-refractivity contribution is -0.545. The smallest absolute Gasteiger partial charge is 0.277 e. The summed E-state index contributed by atoms with van der Waals surface area (Å²) in [7, 11) is 0. The van der Waals surface area contributed by atoms with Gasteiger partial charge >= 0.3 is 0 Å². The molecule has 1 atom stereocenters. The molecule has 5 nitrogen and oxygen atoms in total. The highest BCUT2D eigenvalue weighted by Crippen LogP contribution is 2.28. The van der Waals surface area contributed by atoms with E-state index in [1.54, 1.807) is 11.3 Å². The molecule has 1 aliphatic heterocycles. The Bertz CT molecular complexity index is 866. The van der Waals surface area contributed by atoms with Gasteiger partial charge in [-0.25, -0.2) is 4.98 Å². The van der Waals surface area contributed by atoms with E-state index in [-0.39, 0.29) is 26.9 Å². The minimum Gasteiger partial charge on any atom is -1.00 e. The number of nitrogens with zero attached hydrogens (tertiary/aromatic N) is 4. The zero-order chi connectivity index (χ0) is 16.5. The van der Waals surface area contributed by atoms with Gasteiger partial charge in [-0.3, -0.25) is 0 Å². The number of hydrogen-bond acceptors (Lipinski definition) is 5. The molecule has 0 spiro atoms. The van der Waals surface area contributed by atoms with Crippen LogP contribution in [0.15, 0.2) is 65.8 Å². The Kier molecular flexibility index (Phi) is 6.89. The fourth-order valence-corrected chi connectivity index (χ4v) is 3.39. The summed E-state index contributed by atoms with van der Waals surface area (Å²) in [5.74, 6) is 0.921. The van der Waals surface area contributed by atoms with E-state index >= 15 is 0 Å². The maximum Gasteiger partial charge on any atom is 0.277 e. The van der Waals surface area contributed by atoms with E-state index in [0.717, 1.165) is 27.9 Å². The van der Waals surface area contributed by atoms with Crippen LogP contribution in [-0.4, -0.2) is 10.8 Å². The predicted octanol–water partition coefficient (Wildman–Crippen LogP) is -0.0962. The summed E-state index contributed by atoms with van der Waals surface area (Å²) in [5.41, 5.74) is 5.24. The lowest BCUT2D eigenvalue weighted by Gasteiger charge is -2.21. The highest BCUT2D eigenvalue weighted by atomic mass is 79.9. The molecule has 0 amide bonds. The number of amidine groups is 1. The third-order valence-corrected chi connectivity index (χ3v) is 4.97. The van der Waals surface area contributed by atoms with Gasteiger partial charge in [0.1, 0.15) is 5.69 Å². The molecule has 0 saturated carbocycles. The van der Waals surface area contributed by atoms with E-state index in [1.807, 2.05) is 53.6 Å². The Labute approximate surface area is 171 Å². The third kappa shape index (κ3) is 3.96. The van der Waals surface area contributed by atoms with Gasteiger partial charge in [0.05, 0.1) is 11.3 Å². The van der Waals surface area contributed by atoms with Crippen LogP contribution in [0.25, 0.3) is 0 Å². The molecule has 0 saturated heterocycles. The molecule has 4 rings (SSSR count). The standard InChI is InChI=1S/C18H17N5S.BrH.H3P/c1-13-14(2)24-18(19-13)23-21-17(15-9-5-3-6-10-15)20-22(23)16-11-7-4-8-12-16;;/h3-12H,1-2H3,(H,20,21);1H;1H3. The van der Waals surface area contributed by atoms with Crippen LogP contribution in [0.2, 0.25) is 0 Å². The van der Waals surface area contributed by atoms with Crippen LogP contribution in [0.3, 0.4) is 0 Å². The van der Waals surface area contributed by atoms with Gasteiger partial charge in [-0.2, -0.15) is 15.3 Å². The van der Waals surface area contributed by atoms with E-state index in [2.05, 4.69) is 41.6 Å². The van der Waals surface area contributed by atoms with E-state index < -0.39 is 0 Å². The number of rotatable bonds is 3. The van der Waals surface area contributed by atoms with Crippen LogP contribution < -0.4 is 32.6 Å². The molecule has 0 fully saturated rings. The molecule has 0 aliphatic carbocycles. The number of benzene rings is 2. The summed E-state index contributed by atoms with van der Waals surface area (Å²) < 4.78 is 0. The van der Waals surface area contributed by atoms with Crippen molar-refractivity contribution < 1.29 is 22.4 Å². The molecular formula is C18H21BrN5PS. The van der Waals surface area contributed by atoms with Crippen molar-refractivity contribution in [1.82, 2.24) is 4.98 Å². The van der Waals surface area contributed by atoms with Crippen LogP contribution in [0.1, 0.15) is 16.1 Å². The fraction of sp³-hybridized carbons (Fsp3) is 0.111. The number of quaternary nitrogens is 1. The summed E-state index contributed by atoms with van der Waals surface area (Å²) in [4.78, 5) is 5.88. The van der Waals surface area contributed by atoms with Crippen LogP contribution in [0.4, 0.5) is 10.8 Å². The maximum atomic E-state index is 4.81. The highest BCUT2D eigenvalue weighted by Gasteiger charge is 2.33. The summed E-state index contributed by atoms with van der Waals surface area (Å²) in [6.45, 7) is 4.12. The second-order valence-corrected chi connectivity index (χ2v) is 6.77. The average molecular weight is 450 g/mol. The van der Waals surface area contributed by atoms with Crippen molar-refractivity contribution >= 4 is 37.9 Å². The van der Waals surface area contributed by atoms with Gasteiger partial charge < -0.3 is 17.0 Å². The Morgan fingerprint density at radius 1 is 0.923 bits per heavy atom. The van der Waals surface area contributed by atoms with Crippen LogP contribution in [0, 0.1) is 13.8 Å². The van der Waals surface area contributed by atoms with Crippen molar-refractivity contribution in [2.24, 2.45) is 5.10 Å². The first-order valence-electron chi connectivity index (χ1n) is 7.79. The molecule has 2 aromatic carbocycles. The predicted molar refractivity (Wildman–Crippen MR) is 109 cm³/mol. The molecule has 0 bridgehead atoms. The number of para-hydroxylation sites is 1. The maximum absolute atomic E-state index is 4.81. The zero-order valence-corrected chi connectivity index (χ0v) is 18.4. The van der Waals surface area contributed by atoms with Gasteiger partial charge in [0, 0.05) is 4.88 Å². The largest absolute Gasteiger partial charge is 1.00 e. The molecule has 8 heteroatoms. The second-order valence-electron chi connectivity index (χ2n) is 5.59. The minimum absolute atomic E-state index is 0. The summed E-state index contributed by atoms with van der Waals surface area (Å²) in [6.07, 6.45) is 0. The number of hydrogen-bond donors (Lipinski definition) is 1. The van der Waals surface area contributed by atoms with Crippen LogP contribution in [-0.2, 0) is 0 Å². The van der Waals surface area contributed by atoms with Crippen molar-refractivity contribution in [2.75, 3.05) is 10.2 Å². The third-order valence-electron chi connectivity index (χ3n) is 3.93. The number of thiazole rings is 1. The molecule has 2 N–H and O–H groups in total. The van der Waals surface area contributed by atoms with Gasteiger partial charge in [0.2, 0.25) is 5.13 Å². The van der Waals surface area contributed by atoms with E-state index in [4.69, 9.17) is 5.10 Å². The van der Waals surface area contributed by atoms with Crippen LogP contribution >= 0.6 is 21.2 Å². The lowest BCUT2D eigenvalue weighted by Crippen LogP contribution is -3.00. The highest BCUT2D eigenvalue weighted by molar-refractivity contribution is 7.15. The number of halogens is 1. The summed E-state index contributed by atoms with van der Waals surface area (Å²) >= 11 is 1.65. The first-order chi connectivity index (χ1) is 11.7. The van der Waals surface area contributed by atoms with Gasteiger partial charge in [-0.15, -0.1) is 5.12 Å². The molecule has 1 aliphatic rings. The first-order valence-corrected chi connectivity index (χ1v) is 8.61. The van der Waals surface area contributed by atoms with Crippen molar-refractivity contribution in [3.63, 3.8) is 0 Å². The van der Waals surface area contributed by atoms with Crippen LogP contribution in [0.5, 0.6) is 0 Å². The van der Waals surface area contributed by atoms with E-state index in [0.29, 0.717) is 0 Å². The first kappa shape index (κ1) is 20.5. The zero-order valence-electron chi connectivity index (χ0n) is 14.6. The molecular weight excluding hydrogens is 429 g/mol. The number of nitrogens with two attached hydrogens (primary N) is 1. The molecule has 0 radical (unpaired) electrons. The number of hydrazine groups is 1. The Morgan fingerprint density at radius 2 is 1.54 bits per heavy atom. The Hall–Kier alpha value is -1.79. The Balaban J connectivity index is 0.00000121.